The maximum atomic E-state index is 5.39. The monoisotopic (exact) mass is 821 g/mol. The molecule has 0 aliphatic rings. The van der Waals surface area contributed by atoms with Crippen molar-refractivity contribution in [3.8, 4) is 34.4 Å². The van der Waals surface area contributed by atoms with Crippen molar-refractivity contribution in [2.24, 2.45) is 0 Å². The zero-order valence-electron chi connectivity index (χ0n) is 34.3. The molecule has 0 spiro atoms. The molecule has 6 heteroatoms. The minimum Gasteiger partial charge on any atom is -0.309 e. The van der Waals surface area contributed by atoms with Crippen molar-refractivity contribution in [1.29, 1.82) is 0 Å². The van der Waals surface area contributed by atoms with Crippen LogP contribution >= 0.6 is 0 Å². The Morgan fingerprint density at radius 1 is 0.286 bits per heavy atom. The Hall–Kier alpha value is -8.19. The van der Waals surface area contributed by atoms with E-state index in [1.165, 1.54) is 42.6 Å². The van der Waals surface area contributed by atoms with Crippen molar-refractivity contribution in [3.05, 3.63) is 237 Å². The van der Waals surface area contributed by atoms with E-state index in [1.54, 1.807) is 0 Å². The summed E-state index contributed by atoms with van der Waals surface area (Å²) in [4.78, 5) is 16.1. The standard InChI is InChI=1S/C57H39N5Si/c1-4-20-43(21-5-1)63(44-22-6-2-7-23-44,45-24-8-3-9-25-45)46-26-18-19-41(39-46)56-58-55(59-57(60-56)62-53-33-16-12-29-49(53)50-30-13-17-34-54(50)62)40-35-37-42(38-36-40)61-51-31-14-10-27-47(51)48-28-11-15-32-52(48)61/h1-39H. The molecule has 0 saturated heterocycles. The van der Waals surface area contributed by atoms with Crippen LogP contribution in [-0.2, 0) is 0 Å². The van der Waals surface area contributed by atoms with Gasteiger partial charge in [0.1, 0.15) is 0 Å². The molecule has 0 saturated carbocycles. The molecule has 3 aromatic heterocycles. The highest BCUT2D eigenvalue weighted by molar-refractivity contribution is 7.19. The predicted molar refractivity (Wildman–Crippen MR) is 263 cm³/mol. The normalized spacial score (nSPS) is 11.8. The summed E-state index contributed by atoms with van der Waals surface area (Å²) >= 11 is 0. The lowest BCUT2D eigenvalue weighted by Crippen LogP contribution is -2.74. The van der Waals surface area contributed by atoms with Crippen molar-refractivity contribution >= 4 is 72.4 Å². The molecule has 5 nitrogen and oxygen atoms in total. The lowest BCUT2D eigenvalue weighted by molar-refractivity contribution is 0.953. The topological polar surface area (TPSA) is 48.5 Å². The van der Waals surface area contributed by atoms with Gasteiger partial charge in [0.05, 0.1) is 22.1 Å². The number of hydrogen-bond acceptors (Lipinski definition) is 3. The average Bonchev–Trinajstić information content (AvgIpc) is 3.89. The molecule has 0 radical (unpaired) electrons. The summed E-state index contributed by atoms with van der Waals surface area (Å²) in [7, 11) is -2.83. The van der Waals surface area contributed by atoms with Crippen LogP contribution in [0.5, 0.6) is 0 Å². The van der Waals surface area contributed by atoms with E-state index in [0.717, 1.165) is 38.6 Å². The second kappa shape index (κ2) is 15.1. The molecule has 0 bridgehead atoms. The average molecular weight is 822 g/mol. The summed E-state index contributed by atoms with van der Waals surface area (Å²) in [5.74, 6) is 1.79. The number of benzene rings is 9. The van der Waals surface area contributed by atoms with Crippen LogP contribution in [-0.4, -0.2) is 32.2 Å². The number of aromatic nitrogens is 5. The van der Waals surface area contributed by atoms with Gasteiger partial charge in [0.25, 0.3) is 0 Å². The van der Waals surface area contributed by atoms with Crippen molar-refractivity contribution < 1.29 is 0 Å². The first-order valence-corrected chi connectivity index (χ1v) is 23.4. The summed E-state index contributed by atoms with van der Waals surface area (Å²) in [6.07, 6.45) is 0. The molecule has 0 aliphatic heterocycles. The maximum absolute atomic E-state index is 5.39. The summed E-state index contributed by atoms with van der Waals surface area (Å²) in [5.41, 5.74) is 7.33. The Morgan fingerprint density at radius 3 is 1.13 bits per heavy atom. The molecular formula is C57H39N5Si. The minimum atomic E-state index is -2.83. The van der Waals surface area contributed by atoms with Gasteiger partial charge < -0.3 is 4.57 Å². The van der Waals surface area contributed by atoms with Gasteiger partial charge in [-0.05, 0) is 69.3 Å². The zero-order valence-corrected chi connectivity index (χ0v) is 35.3. The third kappa shape index (κ3) is 5.95. The van der Waals surface area contributed by atoms with Crippen LogP contribution in [0, 0.1) is 0 Å². The highest BCUT2D eigenvalue weighted by Gasteiger charge is 2.41. The smallest absolute Gasteiger partial charge is 0.238 e. The van der Waals surface area contributed by atoms with Gasteiger partial charge in [-0.15, -0.1) is 0 Å². The summed E-state index contributed by atoms with van der Waals surface area (Å²) in [6, 6.07) is 84.9. The highest BCUT2D eigenvalue weighted by Crippen LogP contribution is 2.34. The predicted octanol–water partition coefficient (Wildman–Crippen LogP) is 10.8. The fraction of sp³-hybridized carbons (Fsp3) is 0. The van der Waals surface area contributed by atoms with E-state index in [0.29, 0.717) is 17.6 Å². The molecule has 12 aromatic rings. The summed E-state index contributed by atoms with van der Waals surface area (Å²) < 4.78 is 4.53. The van der Waals surface area contributed by atoms with Gasteiger partial charge in [-0.2, -0.15) is 9.97 Å². The van der Waals surface area contributed by atoms with Crippen molar-refractivity contribution in [2.45, 2.75) is 0 Å². The zero-order chi connectivity index (χ0) is 41.7. The highest BCUT2D eigenvalue weighted by atomic mass is 28.3. The molecule has 9 aromatic carbocycles. The van der Waals surface area contributed by atoms with Crippen LogP contribution in [0.4, 0.5) is 0 Å². The van der Waals surface area contributed by atoms with E-state index in [1.807, 2.05) is 0 Å². The van der Waals surface area contributed by atoms with Gasteiger partial charge in [0.2, 0.25) is 5.95 Å². The lowest BCUT2D eigenvalue weighted by atomic mass is 10.1. The molecule has 296 valence electrons. The van der Waals surface area contributed by atoms with Gasteiger partial charge in [-0.3, -0.25) is 4.57 Å². The first-order chi connectivity index (χ1) is 31.3. The fourth-order valence-electron chi connectivity index (χ4n) is 9.78. The Balaban J connectivity index is 1.08. The Bertz CT molecular complexity index is 3410. The molecular weight excluding hydrogens is 783 g/mol. The number of nitrogens with zero attached hydrogens (tertiary/aromatic N) is 5. The third-order valence-corrected chi connectivity index (χ3v) is 17.3. The van der Waals surface area contributed by atoms with E-state index in [4.69, 9.17) is 15.0 Å². The number of para-hydroxylation sites is 4. The molecule has 12 rings (SSSR count). The second-order valence-corrected chi connectivity index (χ2v) is 19.8. The molecule has 0 aliphatic carbocycles. The van der Waals surface area contributed by atoms with Crippen molar-refractivity contribution in [1.82, 2.24) is 24.1 Å². The van der Waals surface area contributed by atoms with E-state index >= 15 is 0 Å². The third-order valence-electron chi connectivity index (χ3n) is 12.5. The van der Waals surface area contributed by atoms with Crippen LogP contribution in [0.1, 0.15) is 0 Å². The van der Waals surface area contributed by atoms with Crippen LogP contribution in [0.3, 0.4) is 0 Å². The first kappa shape index (κ1) is 36.6. The molecule has 0 amide bonds. The number of rotatable bonds is 8. The number of hydrogen-bond donors (Lipinski definition) is 0. The van der Waals surface area contributed by atoms with Gasteiger partial charge in [-0.25, -0.2) is 4.98 Å². The SMILES string of the molecule is c1ccc([Si](c2ccccc2)(c2ccccc2)c2cccc(-c3nc(-c4ccc(-n5c6ccccc6c6ccccc65)cc4)nc(-n4c5ccccc5c5ccccc54)n3)c2)cc1. The largest absolute Gasteiger partial charge is 0.309 e. The molecule has 63 heavy (non-hydrogen) atoms. The fourth-order valence-corrected chi connectivity index (χ4v) is 14.6. The molecule has 3 heterocycles. The lowest BCUT2D eigenvalue weighted by Gasteiger charge is -2.34. The Kier molecular flexibility index (Phi) is 8.76. The molecule has 0 atom stereocenters. The number of fused-ring (bicyclic) bond motifs is 6. The van der Waals surface area contributed by atoms with Crippen LogP contribution in [0.25, 0.3) is 78.0 Å². The van der Waals surface area contributed by atoms with E-state index in [2.05, 4.69) is 246 Å². The molecule has 0 N–H and O–H groups in total. The first-order valence-electron chi connectivity index (χ1n) is 21.4. The van der Waals surface area contributed by atoms with Crippen molar-refractivity contribution in [3.63, 3.8) is 0 Å². The quantitative estimate of drug-likeness (QED) is 0.113. The minimum absolute atomic E-state index is 0.571. The van der Waals surface area contributed by atoms with Crippen LogP contribution in [0.15, 0.2) is 237 Å². The summed E-state index contributed by atoms with van der Waals surface area (Å²) in [6.45, 7) is 0. The Labute approximate surface area is 365 Å². The van der Waals surface area contributed by atoms with E-state index in [9.17, 15) is 0 Å². The van der Waals surface area contributed by atoms with E-state index < -0.39 is 8.07 Å². The summed E-state index contributed by atoms with van der Waals surface area (Å²) in [5, 5.41) is 9.95. The van der Waals surface area contributed by atoms with Gasteiger partial charge in [0.15, 0.2) is 19.7 Å². The van der Waals surface area contributed by atoms with Crippen LogP contribution in [0.2, 0.25) is 0 Å². The Morgan fingerprint density at radius 2 is 0.667 bits per heavy atom. The van der Waals surface area contributed by atoms with Crippen molar-refractivity contribution in [2.75, 3.05) is 0 Å². The van der Waals surface area contributed by atoms with E-state index in [-0.39, 0.29) is 0 Å². The van der Waals surface area contributed by atoms with Gasteiger partial charge in [0, 0.05) is 38.4 Å². The van der Waals surface area contributed by atoms with Gasteiger partial charge in [-0.1, -0.05) is 188 Å². The van der Waals surface area contributed by atoms with Crippen LogP contribution < -0.4 is 20.7 Å². The second-order valence-electron chi connectivity index (χ2n) is 16.0. The van der Waals surface area contributed by atoms with Gasteiger partial charge >= 0.3 is 0 Å². The molecule has 0 fully saturated rings. The maximum Gasteiger partial charge on any atom is 0.238 e. The molecule has 0 unspecified atom stereocenters.